The fourth-order valence-electron chi connectivity index (χ4n) is 2.46. The highest BCUT2D eigenvalue weighted by molar-refractivity contribution is 7.98. The molecule has 0 spiro atoms. The van der Waals surface area contributed by atoms with E-state index in [-0.39, 0.29) is 17.0 Å². The van der Waals surface area contributed by atoms with Crippen LogP contribution in [0.15, 0.2) is 35.6 Å². The molecule has 0 aliphatic heterocycles. The van der Waals surface area contributed by atoms with Crippen LogP contribution < -0.4 is 9.47 Å². The summed E-state index contributed by atoms with van der Waals surface area (Å²) in [6, 6.07) is 4.84. The van der Waals surface area contributed by atoms with Crippen LogP contribution in [0, 0.1) is 6.92 Å². The first-order valence-electron chi connectivity index (χ1n) is 8.56. The van der Waals surface area contributed by atoms with E-state index >= 15 is 0 Å². The predicted molar refractivity (Wildman–Crippen MR) is 97.8 cm³/mol. The summed E-state index contributed by atoms with van der Waals surface area (Å²) in [5.41, 5.74) is 1.55. The van der Waals surface area contributed by atoms with Crippen LogP contribution >= 0.6 is 11.8 Å². The maximum atomic E-state index is 13.1. The van der Waals surface area contributed by atoms with E-state index < -0.39 is 31.1 Å². The van der Waals surface area contributed by atoms with E-state index in [0.29, 0.717) is 21.9 Å². The van der Waals surface area contributed by atoms with Gasteiger partial charge in [0.25, 0.3) is 0 Å². The van der Waals surface area contributed by atoms with Crippen LogP contribution in [0.3, 0.4) is 0 Å². The van der Waals surface area contributed by atoms with Crippen LogP contribution in [0.2, 0.25) is 0 Å². The highest BCUT2D eigenvalue weighted by atomic mass is 32.2. The summed E-state index contributed by atoms with van der Waals surface area (Å²) in [4.78, 5) is 11.2. The molecule has 168 valence electrons. The van der Waals surface area contributed by atoms with E-state index in [0.717, 1.165) is 23.9 Å². The quantitative estimate of drug-likeness (QED) is 0.337. The minimum absolute atomic E-state index is 0.0503. The number of benzene rings is 1. The Bertz CT molecular complexity index is 1060. The number of alkyl halides is 7. The second kappa shape index (κ2) is 8.81. The Morgan fingerprint density at radius 2 is 1.87 bits per heavy atom. The molecule has 5 nitrogen and oxygen atoms in total. The third-order valence-corrected chi connectivity index (χ3v) is 4.82. The molecule has 0 radical (unpaired) electrons. The molecular formula is C18H14F7N3O2S. The number of aromatic amines is 1. The molecule has 0 bridgehead atoms. The lowest BCUT2D eigenvalue weighted by atomic mass is 10.2. The van der Waals surface area contributed by atoms with Gasteiger partial charge < -0.3 is 14.5 Å². The van der Waals surface area contributed by atoms with E-state index in [4.69, 9.17) is 4.74 Å². The lowest BCUT2D eigenvalue weighted by Gasteiger charge is -2.16. The fraction of sp³-hybridized carbons (Fsp3) is 0.333. The van der Waals surface area contributed by atoms with Crippen molar-refractivity contribution in [3.8, 4) is 11.5 Å². The number of thioether (sulfide) groups is 1. The first kappa shape index (κ1) is 23.0. The molecule has 0 fully saturated rings. The van der Waals surface area contributed by atoms with Gasteiger partial charge in [-0.3, -0.25) is 4.98 Å². The number of pyridine rings is 1. The molecule has 0 atom stereocenters. The maximum absolute atomic E-state index is 13.1. The zero-order chi connectivity index (χ0) is 22.8. The van der Waals surface area contributed by atoms with Gasteiger partial charge in [-0.1, -0.05) is 11.8 Å². The van der Waals surface area contributed by atoms with Crippen molar-refractivity contribution in [2.45, 2.75) is 36.5 Å². The Morgan fingerprint density at radius 1 is 1.13 bits per heavy atom. The first-order valence-corrected chi connectivity index (χ1v) is 9.55. The summed E-state index contributed by atoms with van der Waals surface area (Å²) >= 11 is 1.15. The molecule has 1 N–H and O–H groups in total. The second-order valence-corrected chi connectivity index (χ2v) is 7.22. The number of nitrogens with one attached hydrogen (secondary N) is 1. The summed E-state index contributed by atoms with van der Waals surface area (Å²) < 4.78 is 96.6. The van der Waals surface area contributed by atoms with Crippen molar-refractivity contribution in [3.05, 3.63) is 41.7 Å². The molecule has 0 unspecified atom stereocenters. The van der Waals surface area contributed by atoms with Crippen molar-refractivity contribution < 1.29 is 40.2 Å². The van der Waals surface area contributed by atoms with Gasteiger partial charge in [0.05, 0.1) is 16.7 Å². The van der Waals surface area contributed by atoms with Gasteiger partial charge in [0.1, 0.15) is 11.5 Å². The topological polar surface area (TPSA) is 60.0 Å². The van der Waals surface area contributed by atoms with E-state index in [1.165, 1.54) is 18.3 Å². The molecule has 13 heteroatoms. The standard InChI is InChI=1S/C18H14F7N3O2S/c1-9-13(26-5-4-14(9)29-8-17(21,22)23)7-31-16-27-11-3-2-10(6-12(11)28-16)30-18(24,25)15(19)20/h2-6,15H,7-8H2,1H3,(H,27,28). The maximum Gasteiger partial charge on any atom is 0.461 e. The number of imidazole rings is 1. The minimum atomic E-state index is -4.63. The average molecular weight is 469 g/mol. The van der Waals surface area contributed by atoms with Crippen molar-refractivity contribution in [1.82, 2.24) is 15.0 Å². The normalized spacial score (nSPS) is 12.5. The van der Waals surface area contributed by atoms with Gasteiger partial charge in [-0.2, -0.15) is 30.7 Å². The Balaban J connectivity index is 1.70. The van der Waals surface area contributed by atoms with Crippen LogP contribution in [0.1, 0.15) is 11.3 Å². The fourth-order valence-corrected chi connectivity index (χ4v) is 3.37. The molecule has 2 aromatic heterocycles. The predicted octanol–water partition coefficient (Wildman–Crippen LogP) is 5.74. The molecular weight excluding hydrogens is 455 g/mol. The van der Waals surface area contributed by atoms with Crippen molar-refractivity contribution in [1.29, 1.82) is 0 Å². The SMILES string of the molecule is Cc1c(OCC(F)(F)F)ccnc1CSc1nc2ccc(OC(F)(F)C(F)F)cc2[nH]1. The summed E-state index contributed by atoms with van der Waals surface area (Å²) in [7, 11) is 0. The van der Waals surface area contributed by atoms with Crippen molar-refractivity contribution in [2.24, 2.45) is 0 Å². The van der Waals surface area contributed by atoms with E-state index in [9.17, 15) is 30.7 Å². The Morgan fingerprint density at radius 3 is 2.55 bits per heavy atom. The lowest BCUT2D eigenvalue weighted by Crippen LogP contribution is -2.33. The number of rotatable bonds is 8. The van der Waals surface area contributed by atoms with Gasteiger partial charge in [-0.15, -0.1) is 0 Å². The van der Waals surface area contributed by atoms with Gasteiger partial charge in [0, 0.05) is 23.6 Å². The molecule has 31 heavy (non-hydrogen) atoms. The Kier molecular flexibility index (Phi) is 6.53. The van der Waals surface area contributed by atoms with Gasteiger partial charge >= 0.3 is 18.7 Å². The molecule has 0 aliphatic carbocycles. The van der Waals surface area contributed by atoms with Crippen LogP contribution in [0.25, 0.3) is 11.0 Å². The smallest absolute Gasteiger partial charge is 0.461 e. The first-order chi connectivity index (χ1) is 14.4. The number of fused-ring (bicyclic) bond motifs is 1. The summed E-state index contributed by atoms with van der Waals surface area (Å²) in [5, 5.41) is 0.357. The molecule has 0 amide bonds. The zero-order valence-corrected chi connectivity index (χ0v) is 16.5. The third-order valence-electron chi connectivity index (χ3n) is 3.94. The van der Waals surface area contributed by atoms with Gasteiger partial charge in [-0.05, 0) is 25.1 Å². The van der Waals surface area contributed by atoms with Crippen molar-refractivity contribution in [2.75, 3.05) is 6.61 Å². The lowest BCUT2D eigenvalue weighted by molar-refractivity contribution is -0.253. The van der Waals surface area contributed by atoms with Crippen molar-refractivity contribution >= 4 is 22.8 Å². The molecule has 0 saturated heterocycles. The number of hydrogen-bond donors (Lipinski definition) is 1. The number of aromatic nitrogens is 3. The average Bonchev–Trinajstić information content (AvgIpc) is 3.07. The van der Waals surface area contributed by atoms with Gasteiger partial charge in [0.2, 0.25) is 0 Å². The number of halogens is 7. The molecule has 2 heterocycles. The van der Waals surface area contributed by atoms with Crippen LogP contribution in [-0.2, 0) is 5.75 Å². The van der Waals surface area contributed by atoms with Crippen molar-refractivity contribution in [3.63, 3.8) is 0 Å². The van der Waals surface area contributed by atoms with Crippen LogP contribution in [-0.4, -0.2) is 40.3 Å². The molecule has 0 aliphatic rings. The summed E-state index contributed by atoms with van der Waals surface area (Å²) in [6.07, 6.45) is -11.8. The van der Waals surface area contributed by atoms with Gasteiger partial charge in [-0.25, -0.2) is 4.98 Å². The number of nitrogens with zero attached hydrogens (tertiary/aromatic N) is 2. The molecule has 3 rings (SSSR count). The second-order valence-electron chi connectivity index (χ2n) is 6.26. The monoisotopic (exact) mass is 469 g/mol. The van der Waals surface area contributed by atoms with E-state index in [1.54, 1.807) is 6.92 Å². The Hall–Kier alpha value is -2.70. The van der Waals surface area contributed by atoms with Crippen LogP contribution in [0.4, 0.5) is 30.7 Å². The highest BCUT2D eigenvalue weighted by Crippen LogP contribution is 2.31. The molecule has 0 saturated carbocycles. The van der Waals surface area contributed by atoms with E-state index in [1.807, 2.05) is 0 Å². The third kappa shape index (κ3) is 5.93. The number of hydrogen-bond acceptors (Lipinski definition) is 5. The summed E-state index contributed by atoms with van der Waals surface area (Å²) in [6.45, 7) is 0.142. The largest absolute Gasteiger partial charge is 0.484 e. The van der Waals surface area contributed by atoms with Gasteiger partial charge in [0.15, 0.2) is 11.8 Å². The minimum Gasteiger partial charge on any atom is -0.484 e. The Labute approximate surface area is 175 Å². The number of H-pyrrole nitrogens is 1. The zero-order valence-electron chi connectivity index (χ0n) is 15.6. The summed E-state index contributed by atoms with van der Waals surface area (Å²) in [5.74, 6) is -0.193. The van der Waals surface area contributed by atoms with E-state index in [2.05, 4.69) is 19.7 Å². The molecule has 3 aromatic rings. The number of ether oxygens (including phenoxy) is 2. The molecule has 1 aromatic carbocycles. The van der Waals surface area contributed by atoms with Crippen LogP contribution in [0.5, 0.6) is 11.5 Å². The highest BCUT2D eigenvalue weighted by Gasteiger charge is 2.44.